The van der Waals surface area contributed by atoms with Crippen LogP contribution in [0.4, 0.5) is 0 Å². The highest BCUT2D eigenvalue weighted by Gasteiger charge is 2.19. The van der Waals surface area contributed by atoms with Gasteiger partial charge < -0.3 is 4.74 Å². The molecular formula is C20H21NO3S. The Labute approximate surface area is 148 Å². The molecule has 0 amide bonds. The number of methoxy groups -OCH3 is 1. The van der Waals surface area contributed by atoms with E-state index in [1.165, 1.54) is 0 Å². The van der Waals surface area contributed by atoms with Crippen molar-refractivity contribution < 1.29 is 13.2 Å². The molecule has 0 radical (unpaired) electrons. The smallest absolute Gasteiger partial charge is 0.241 e. The summed E-state index contributed by atoms with van der Waals surface area (Å²) in [6, 6.07) is 17.1. The molecule has 0 heterocycles. The fraction of sp³-hybridized carbons (Fsp3) is 0.200. The average Bonchev–Trinajstić information content (AvgIpc) is 2.62. The molecule has 0 fully saturated rings. The molecule has 3 aromatic rings. The van der Waals surface area contributed by atoms with Crippen molar-refractivity contribution in [1.82, 2.24) is 4.72 Å². The van der Waals surface area contributed by atoms with Crippen molar-refractivity contribution in [3.63, 3.8) is 0 Å². The van der Waals surface area contributed by atoms with Gasteiger partial charge in [0, 0.05) is 6.54 Å². The molecule has 0 unspecified atom stereocenters. The SMILES string of the molecule is COc1ccc(S(=O)(=O)NCc2cccc3ccccc23)c(C)c1C. The largest absolute Gasteiger partial charge is 0.496 e. The van der Waals surface area contributed by atoms with Crippen LogP contribution in [0.2, 0.25) is 0 Å². The van der Waals surface area contributed by atoms with Crippen molar-refractivity contribution >= 4 is 20.8 Å². The van der Waals surface area contributed by atoms with Gasteiger partial charge in [-0.2, -0.15) is 0 Å². The summed E-state index contributed by atoms with van der Waals surface area (Å²) < 4.78 is 33.5. The van der Waals surface area contributed by atoms with Crippen LogP contribution >= 0.6 is 0 Å². The number of hydrogen-bond acceptors (Lipinski definition) is 3. The Balaban J connectivity index is 1.91. The molecule has 130 valence electrons. The summed E-state index contributed by atoms with van der Waals surface area (Å²) >= 11 is 0. The third kappa shape index (κ3) is 3.38. The second-order valence-corrected chi connectivity index (χ2v) is 7.71. The maximum Gasteiger partial charge on any atom is 0.241 e. The monoisotopic (exact) mass is 355 g/mol. The van der Waals surface area contributed by atoms with E-state index < -0.39 is 10.0 Å². The van der Waals surface area contributed by atoms with Gasteiger partial charge >= 0.3 is 0 Å². The Morgan fingerprint density at radius 1 is 0.920 bits per heavy atom. The topological polar surface area (TPSA) is 55.4 Å². The normalized spacial score (nSPS) is 11.6. The zero-order chi connectivity index (χ0) is 18.0. The molecule has 0 bridgehead atoms. The molecule has 0 aliphatic rings. The lowest BCUT2D eigenvalue weighted by Gasteiger charge is -2.14. The second kappa shape index (κ2) is 6.86. The fourth-order valence-electron chi connectivity index (χ4n) is 2.98. The molecule has 0 aliphatic carbocycles. The van der Waals surface area contributed by atoms with Crippen molar-refractivity contribution in [3.05, 3.63) is 71.3 Å². The highest BCUT2D eigenvalue weighted by Crippen LogP contribution is 2.27. The number of hydrogen-bond donors (Lipinski definition) is 1. The molecule has 25 heavy (non-hydrogen) atoms. The lowest BCUT2D eigenvalue weighted by Crippen LogP contribution is -2.24. The Morgan fingerprint density at radius 3 is 2.40 bits per heavy atom. The molecule has 3 rings (SSSR count). The fourth-order valence-corrected chi connectivity index (χ4v) is 4.28. The zero-order valence-corrected chi connectivity index (χ0v) is 15.4. The molecule has 4 nitrogen and oxygen atoms in total. The van der Waals surface area contributed by atoms with E-state index in [2.05, 4.69) is 4.72 Å². The minimum atomic E-state index is -3.61. The van der Waals surface area contributed by atoms with Crippen LogP contribution in [0.25, 0.3) is 10.8 Å². The van der Waals surface area contributed by atoms with Crippen molar-refractivity contribution in [1.29, 1.82) is 0 Å². The van der Waals surface area contributed by atoms with E-state index in [1.54, 1.807) is 26.2 Å². The summed E-state index contributed by atoms with van der Waals surface area (Å²) in [5, 5.41) is 2.14. The van der Waals surface area contributed by atoms with E-state index in [9.17, 15) is 8.42 Å². The first kappa shape index (κ1) is 17.5. The average molecular weight is 355 g/mol. The molecule has 5 heteroatoms. The van der Waals surface area contributed by atoms with Crippen LogP contribution in [0.5, 0.6) is 5.75 Å². The van der Waals surface area contributed by atoms with E-state index in [-0.39, 0.29) is 11.4 Å². The van der Waals surface area contributed by atoms with Crippen molar-refractivity contribution in [2.75, 3.05) is 7.11 Å². The molecule has 1 N–H and O–H groups in total. The van der Waals surface area contributed by atoms with Gasteiger partial charge in [-0.25, -0.2) is 13.1 Å². The number of sulfonamides is 1. The van der Waals surface area contributed by atoms with Gasteiger partial charge in [0.25, 0.3) is 0 Å². The first-order valence-electron chi connectivity index (χ1n) is 8.04. The number of benzene rings is 3. The summed E-state index contributed by atoms with van der Waals surface area (Å²) in [6.07, 6.45) is 0. The first-order valence-corrected chi connectivity index (χ1v) is 9.53. The minimum Gasteiger partial charge on any atom is -0.496 e. The maximum atomic E-state index is 12.8. The molecule has 0 aromatic heterocycles. The zero-order valence-electron chi connectivity index (χ0n) is 14.5. The minimum absolute atomic E-state index is 0.244. The van der Waals surface area contributed by atoms with Crippen molar-refractivity contribution in [2.45, 2.75) is 25.3 Å². The molecule has 0 aliphatic heterocycles. The number of fused-ring (bicyclic) bond motifs is 1. The summed E-state index contributed by atoms with van der Waals surface area (Å²) in [7, 11) is -2.03. The molecule has 0 atom stereocenters. The highest BCUT2D eigenvalue weighted by atomic mass is 32.2. The van der Waals surface area contributed by atoms with Gasteiger partial charge in [-0.15, -0.1) is 0 Å². The van der Waals surface area contributed by atoms with Crippen LogP contribution in [0.3, 0.4) is 0 Å². The summed E-state index contributed by atoms with van der Waals surface area (Å²) in [5.74, 6) is 0.686. The van der Waals surface area contributed by atoms with E-state index in [4.69, 9.17) is 4.74 Å². The van der Waals surface area contributed by atoms with Crippen LogP contribution in [0, 0.1) is 13.8 Å². The van der Waals surface area contributed by atoms with Gasteiger partial charge in [-0.3, -0.25) is 0 Å². The van der Waals surface area contributed by atoms with Crippen LogP contribution in [0.1, 0.15) is 16.7 Å². The summed E-state index contributed by atoms with van der Waals surface area (Å²) in [4.78, 5) is 0.283. The number of rotatable bonds is 5. The van der Waals surface area contributed by atoms with E-state index in [0.717, 1.165) is 21.9 Å². The lowest BCUT2D eigenvalue weighted by molar-refractivity contribution is 0.410. The molecular weight excluding hydrogens is 334 g/mol. The Hall–Kier alpha value is -2.37. The van der Waals surface area contributed by atoms with Gasteiger partial charge in [-0.1, -0.05) is 42.5 Å². The Kier molecular flexibility index (Phi) is 4.79. The molecule has 0 saturated carbocycles. The third-order valence-electron chi connectivity index (χ3n) is 4.53. The number of nitrogens with one attached hydrogen (secondary N) is 1. The predicted molar refractivity (Wildman–Crippen MR) is 100 cm³/mol. The van der Waals surface area contributed by atoms with Gasteiger partial charge in [-0.05, 0) is 53.4 Å². The van der Waals surface area contributed by atoms with Gasteiger partial charge in [0.15, 0.2) is 0 Å². The van der Waals surface area contributed by atoms with Gasteiger partial charge in [0.2, 0.25) is 10.0 Å². The lowest BCUT2D eigenvalue weighted by atomic mass is 10.1. The highest BCUT2D eigenvalue weighted by molar-refractivity contribution is 7.89. The van der Waals surface area contributed by atoms with Crippen LogP contribution in [-0.2, 0) is 16.6 Å². The van der Waals surface area contributed by atoms with Gasteiger partial charge in [0.05, 0.1) is 12.0 Å². The number of ether oxygens (including phenoxy) is 1. The maximum absolute atomic E-state index is 12.8. The molecule has 3 aromatic carbocycles. The van der Waals surface area contributed by atoms with E-state index in [1.807, 2.05) is 49.4 Å². The molecule has 0 saturated heterocycles. The van der Waals surface area contributed by atoms with Crippen LogP contribution < -0.4 is 9.46 Å². The predicted octanol–water partition coefficient (Wildman–Crippen LogP) is 3.94. The van der Waals surface area contributed by atoms with Crippen LogP contribution in [-0.4, -0.2) is 15.5 Å². The van der Waals surface area contributed by atoms with Gasteiger partial charge in [0.1, 0.15) is 5.75 Å². The van der Waals surface area contributed by atoms with E-state index in [0.29, 0.717) is 11.3 Å². The van der Waals surface area contributed by atoms with Crippen molar-refractivity contribution in [2.24, 2.45) is 0 Å². The summed E-state index contributed by atoms with van der Waals surface area (Å²) in [5.41, 5.74) is 2.48. The first-order chi connectivity index (χ1) is 11.9. The van der Waals surface area contributed by atoms with Crippen LogP contribution in [0.15, 0.2) is 59.5 Å². The third-order valence-corrected chi connectivity index (χ3v) is 6.08. The van der Waals surface area contributed by atoms with E-state index >= 15 is 0 Å². The molecule has 0 spiro atoms. The Morgan fingerprint density at radius 2 is 1.64 bits per heavy atom. The van der Waals surface area contributed by atoms with Crippen molar-refractivity contribution in [3.8, 4) is 5.75 Å². The Bertz CT molecular complexity index is 1020. The summed E-state index contributed by atoms with van der Waals surface area (Å²) in [6.45, 7) is 3.90. The quantitative estimate of drug-likeness (QED) is 0.754. The standard InChI is InChI=1S/C20H21NO3S/c1-14-15(2)20(12-11-19(14)24-3)25(22,23)21-13-17-9-6-8-16-7-4-5-10-18(16)17/h4-12,21H,13H2,1-3H3. The second-order valence-electron chi connectivity index (χ2n) is 5.98.